The Morgan fingerprint density at radius 2 is 1.94 bits per heavy atom. The second-order valence-corrected chi connectivity index (χ2v) is 12.4. The minimum absolute atomic E-state index is 0.157. The summed E-state index contributed by atoms with van der Waals surface area (Å²) >= 11 is 6.94. The number of carbonyl (C=O) groups excluding carboxylic acids is 1. The Bertz CT molecular complexity index is 1290. The highest BCUT2D eigenvalue weighted by atomic mass is 35.5. The Kier molecular flexibility index (Phi) is 7.28. The lowest BCUT2D eigenvalue weighted by molar-refractivity contribution is -0.124. The third kappa shape index (κ3) is 5.27. The first-order valence-electron chi connectivity index (χ1n) is 11.0. The van der Waals surface area contributed by atoms with Crippen LogP contribution in [0.2, 0.25) is 4.34 Å². The van der Waals surface area contributed by atoms with Gasteiger partial charge < -0.3 is 10.2 Å². The van der Waals surface area contributed by atoms with Gasteiger partial charge >= 0.3 is 0 Å². The van der Waals surface area contributed by atoms with Gasteiger partial charge in [-0.2, -0.15) is 4.31 Å². The van der Waals surface area contributed by atoms with Gasteiger partial charge in [-0.3, -0.25) is 4.79 Å². The van der Waals surface area contributed by atoms with Crippen molar-refractivity contribution < 1.29 is 13.2 Å². The van der Waals surface area contributed by atoms with Crippen molar-refractivity contribution in [1.82, 2.24) is 14.6 Å². The maximum atomic E-state index is 13.1. The molecule has 34 heavy (non-hydrogen) atoms. The number of carbonyl (C=O) groups is 1. The maximum Gasteiger partial charge on any atom is 0.253 e. The molecular weight excluding hydrogens is 492 g/mol. The van der Waals surface area contributed by atoms with E-state index in [2.05, 4.69) is 5.32 Å². The molecule has 180 valence electrons. The van der Waals surface area contributed by atoms with Crippen LogP contribution < -0.4 is 10.2 Å². The van der Waals surface area contributed by atoms with E-state index in [1.807, 2.05) is 62.3 Å². The number of aromatic nitrogens is 1. The summed E-state index contributed by atoms with van der Waals surface area (Å²) in [7, 11) is 0.0674. The van der Waals surface area contributed by atoms with E-state index in [1.54, 1.807) is 6.07 Å². The molecule has 1 aliphatic rings. The first kappa shape index (κ1) is 24.7. The smallest absolute Gasteiger partial charge is 0.253 e. The second-order valence-electron chi connectivity index (χ2n) is 8.53. The molecule has 7 nitrogen and oxygen atoms in total. The molecule has 3 heterocycles. The molecule has 10 heteroatoms. The van der Waals surface area contributed by atoms with Gasteiger partial charge in [0, 0.05) is 32.7 Å². The molecule has 1 saturated heterocycles. The number of sulfonamides is 1. The summed E-state index contributed by atoms with van der Waals surface area (Å²) in [6.45, 7) is 2.62. The zero-order valence-corrected chi connectivity index (χ0v) is 21.7. The fourth-order valence-electron chi connectivity index (χ4n) is 3.92. The second kappa shape index (κ2) is 10.0. The SMILES string of the molecule is Cc1ccc(-c2cc(CNC(=O)[C@@H]3CCCN3S(=O)(=O)c3ccc(Cl)s3)cc(N(C)C)n2)cc1. The Labute approximate surface area is 209 Å². The number of hydrogen-bond donors (Lipinski definition) is 1. The fourth-order valence-corrected chi connectivity index (χ4v) is 7.19. The van der Waals surface area contributed by atoms with Crippen LogP contribution >= 0.6 is 22.9 Å². The number of hydrogen-bond acceptors (Lipinski definition) is 6. The number of anilines is 1. The molecule has 0 aliphatic carbocycles. The average molecular weight is 519 g/mol. The summed E-state index contributed by atoms with van der Waals surface area (Å²) < 4.78 is 28.0. The van der Waals surface area contributed by atoms with Crippen molar-refractivity contribution in [3.05, 3.63) is 64.0 Å². The van der Waals surface area contributed by atoms with Crippen molar-refractivity contribution in [2.75, 3.05) is 25.5 Å². The van der Waals surface area contributed by atoms with Crippen molar-refractivity contribution in [1.29, 1.82) is 0 Å². The molecule has 1 N–H and O–H groups in total. The summed E-state index contributed by atoms with van der Waals surface area (Å²) in [6.07, 6.45) is 1.12. The van der Waals surface area contributed by atoms with Gasteiger partial charge in [0.1, 0.15) is 16.1 Å². The molecule has 0 unspecified atom stereocenters. The molecular formula is C24H27ClN4O3S2. The number of rotatable bonds is 7. The zero-order chi connectivity index (χ0) is 24.5. The third-order valence-corrected chi connectivity index (χ3v) is 9.37. The number of benzene rings is 1. The molecule has 1 aromatic carbocycles. The van der Waals surface area contributed by atoms with Crippen LogP contribution in [0.1, 0.15) is 24.0 Å². The van der Waals surface area contributed by atoms with Crippen LogP contribution in [-0.4, -0.2) is 50.3 Å². The molecule has 0 radical (unpaired) electrons. The minimum atomic E-state index is -3.77. The van der Waals surface area contributed by atoms with Crippen molar-refractivity contribution in [3.8, 4) is 11.3 Å². The van der Waals surface area contributed by atoms with Crippen molar-refractivity contribution in [2.45, 2.75) is 36.6 Å². The van der Waals surface area contributed by atoms with E-state index in [0.717, 1.165) is 34.0 Å². The van der Waals surface area contributed by atoms with Gasteiger partial charge in [0.2, 0.25) is 5.91 Å². The maximum absolute atomic E-state index is 13.1. The zero-order valence-electron chi connectivity index (χ0n) is 19.3. The molecule has 0 spiro atoms. The van der Waals surface area contributed by atoms with Crippen LogP contribution in [0.15, 0.2) is 52.7 Å². The van der Waals surface area contributed by atoms with Crippen LogP contribution in [0.25, 0.3) is 11.3 Å². The summed E-state index contributed by atoms with van der Waals surface area (Å²) in [6, 6.07) is 14.3. The Hall–Kier alpha value is -2.46. The number of thiophene rings is 1. The van der Waals surface area contributed by atoms with Gasteiger partial charge in [0.15, 0.2) is 0 Å². The van der Waals surface area contributed by atoms with Gasteiger partial charge in [0.25, 0.3) is 10.0 Å². The summed E-state index contributed by atoms with van der Waals surface area (Å²) in [4.78, 5) is 19.7. The van der Waals surface area contributed by atoms with E-state index in [1.165, 1.54) is 15.9 Å². The highest BCUT2D eigenvalue weighted by Gasteiger charge is 2.40. The average Bonchev–Trinajstić information content (AvgIpc) is 3.48. The molecule has 4 rings (SSSR count). The summed E-state index contributed by atoms with van der Waals surface area (Å²) in [5.41, 5.74) is 3.86. The van der Waals surface area contributed by atoms with Crippen LogP contribution in [0, 0.1) is 6.92 Å². The van der Waals surface area contributed by atoms with Crippen LogP contribution in [0.4, 0.5) is 5.82 Å². The van der Waals surface area contributed by atoms with Crippen molar-refractivity contribution in [2.24, 2.45) is 0 Å². The molecule has 1 amide bonds. The fraction of sp³-hybridized carbons (Fsp3) is 0.333. The number of amides is 1. The van der Waals surface area contributed by atoms with Crippen LogP contribution in [0.3, 0.4) is 0 Å². The largest absolute Gasteiger partial charge is 0.363 e. The van der Waals surface area contributed by atoms with Gasteiger partial charge in [-0.25, -0.2) is 13.4 Å². The van der Waals surface area contributed by atoms with E-state index < -0.39 is 16.1 Å². The van der Waals surface area contributed by atoms with Gasteiger partial charge in [-0.1, -0.05) is 41.4 Å². The van der Waals surface area contributed by atoms with Crippen LogP contribution in [0.5, 0.6) is 0 Å². The first-order chi connectivity index (χ1) is 16.1. The third-order valence-electron chi connectivity index (χ3n) is 5.76. The normalized spacial score (nSPS) is 16.5. The number of nitrogens with one attached hydrogen (secondary N) is 1. The molecule has 1 aliphatic heterocycles. The van der Waals surface area contributed by atoms with E-state index in [4.69, 9.17) is 16.6 Å². The van der Waals surface area contributed by atoms with Gasteiger partial charge in [-0.15, -0.1) is 11.3 Å². The molecule has 2 aromatic heterocycles. The first-order valence-corrected chi connectivity index (χ1v) is 13.6. The quantitative estimate of drug-likeness (QED) is 0.504. The number of halogens is 1. The van der Waals surface area contributed by atoms with E-state index in [9.17, 15) is 13.2 Å². The monoisotopic (exact) mass is 518 g/mol. The van der Waals surface area contributed by atoms with Crippen molar-refractivity contribution in [3.63, 3.8) is 0 Å². The number of pyridine rings is 1. The predicted octanol–water partition coefficient (Wildman–Crippen LogP) is 4.31. The molecule has 1 fully saturated rings. The van der Waals surface area contributed by atoms with E-state index in [0.29, 0.717) is 23.7 Å². The molecule has 1 atom stereocenters. The lowest BCUT2D eigenvalue weighted by Gasteiger charge is -2.23. The lowest BCUT2D eigenvalue weighted by atomic mass is 10.1. The molecule has 0 saturated carbocycles. The summed E-state index contributed by atoms with van der Waals surface area (Å²) in [5.74, 6) is 0.478. The van der Waals surface area contributed by atoms with E-state index in [-0.39, 0.29) is 16.7 Å². The molecule has 3 aromatic rings. The lowest BCUT2D eigenvalue weighted by Crippen LogP contribution is -2.45. The topological polar surface area (TPSA) is 82.6 Å². The predicted molar refractivity (Wildman–Crippen MR) is 137 cm³/mol. The van der Waals surface area contributed by atoms with Crippen LogP contribution in [-0.2, 0) is 21.4 Å². The minimum Gasteiger partial charge on any atom is -0.363 e. The number of aryl methyl sites for hydroxylation is 1. The highest BCUT2D eigenvalue weighted by Crippen LogP contribution is 2.32. The Morgan fingerprint density at radius 1 is 1.21 bits per heavy atom. The van der Waals surface area contributed by atoms with Gasteiger partial charge in [0.05, 0.1) is 10.0 Å². The standard InChI is InChI=1S/C24H27ClN4O3S2/c1-16-6-8-18(9-7-16)19-13-17(14-22(27-19)28(2)3)15-26-24(30)20-5-4-12-29(20)34(31,32)23-11-10-21(25)33-23/h6-11,13-14,20H,4-5,12,15H2,1-3H3,(H,26,30)/t20-/m0/s1. The summed E-state index contributed by atoms with van der Waals surface area (Å²) in [5, 5.41) is 2.94. The van der Waals surface area contributed by atoms with Gasteiger partial charge in [-0.05, 0) is 49.6 Å². The Morgan fingerprint density at radius 3 is 2.59 bits per heavy atom. The Balaban J connectivity index is 1.52. The molecule has 0 bridgehead atoms. The van der Waals surface area contributed by atoms with Crippen molar-refractivity contribution >= 4 is 44.7 Å². The highest BCUT2D eigenvalue weighted by molar-refractivity contribution is 7.91. The van der Waals surface area contributed by atoms with E-state index >= 15 is 0 Å². The number of nitrogens with zero attached hydrogens (tertiary/aromatic N) is 3.